The molecule has 1 aromatic carbocycles. The van der Waals surface area contributed by atoms with E-state index in [2.05, 4.69) is 31.9 Å². The molecule has 1 nitrogen and oxygen atoms in total. The van der Waals surface area contributed by atoms with Crippen molar-refractivity contribution in [1.82, 2.24) is 0 Å². The Morgan fingerprint density at radius 1 is 1.29 bits per heavy atom. The van der Waals surface area contributed by atoms with Crippen molar-refractivity contribution in [2.45, 2.75) is 17.9 Å². The highest BCUT2D eigenvalue weighted by atomic mass is 79.9. The van der Waals surface area contributed by atoms with Crippen LogP contribution in [0.3, 0.4) is 0 Å². The van der Waals surface area contributed by atoms with Crippen LogP contribution >= 0.6 is 31.9 Å². The Hall–Kier alpha value is -0.230. The fourth-order valence-electron chi connectivity index (χ4n) is 1.42. The molecule has 96 valence electrons. The molecule has 0 aromatic heterocycles. The largest absolute Gasteiger partial charge is 0.390 e. The molecule has 0 amide bonds. The van der Waals surface area contributed by atoms with Gasteiger partial charge in [0.1, 0.15) is 0 Å². The van der Waals surface area contributed by atoms with Gasteiger partial charge in [-0.3, -0.25) is 0 Å². The second-order valence-electron chi connectivity index (χ2n) is 3.69. The highest BCUT2D eigenvalue weighted by molar-refractivity contribution is 9.10. The van der Waals surface area contributed by atoms with Crippen molar-refractivity contribution in [3.8, 4) is 0 Å². The Morgan fingerprint density at radius 3 is 2.47 bits per heavy atom. The summed E-state index contributed by atoms with van der Waals surface area (Å²) in [6.45, 7) is -0.0417. The van der Waals surface area contributed by atoms with Crippen molar-refractivity contribution in [3.05, 3.63) is 28.2 Å². The summed E-state index contributed by atoms with van der Waals surface area (Å²) >= 11 is 6.65. The van der Waals surface area contributed by atoms with Crippen molar-refractivity contribution in [2.75, 3.05) is 18.5 Å². The minimum absolute atomic E-state index is 0.0417. The van der Waals surface area contributed by atoms with Crippen LogP contribution in [0.25, 0.3) is 0 Å². The SMILES string of the molecule is CN(CCC(F)(F)F)c1cc(Br)ccc1CBr. The number of rotatable bonds is 4. The van der Waals surface area contributed by atoms with Gasteiger partial charge in [-0.25, -0.2) is 0 Å². The first-order chi connectivity index (χ1) is 7.83. The predicted octanol–water partition coefficient (Wildman–Crippen LogP) is 4.73. The van der Waals surface area contributed by atoms with E-state index in [1.807, 2.05) is 18.2 Å². The molecule has 0 N–H and O–H groups in total. The lowest BCUT2D eigenvalue weighted by Gasteiger charge is -2.23. The first-order valence-electron chi connectivity index (χ1n) is 4.96. The molecule has 17 heavy (non-hydrogen) atoms. The molecule has 0 aliphatic rings. The highest BCUT2D eigenvalue weighted by Crippen LogP contribution is 2.28. The van der Waals surface area contributed by atoms with Crippen LogP contribution in [0.15, 0.2) is 22.7 Å². The number of hydrogen-bond donors (Lipinski definition) is 0. The van der Waals surface area contributed by atoms with E-state index in [-0.39, 0.29) is 6.54 Å². The molecule has 0 saturated heterocycles. The van der Waals surface area contributed by atoms with E-state index in [0.29, 0.717) is 5.33 Å². The number of alkyl halides is 4. The monoisotopic (exact) mass is 373 g/mol. The highest BCUT2D eigenvalue weighted by Gasteiger charge is 2.27. The fraction of sp³-hybridized carbons (Fsp3) is 0.455. The van der Waals surface area contributed by atoms with Crippen LogP contribution in [0.2, 0.25) is 0 Å². The van der Waals surface area contributed by atoms with Crippen LogP contribution in [0.4, 0.5) is 18.9 Å². The average Bonchev–Trinajstić information content (AvgIpc) is 2.25. The molecule has 1 rings (SSSR count). The van der Waals surface area contributed by atoms with Gasteiger partial charge in [0, 0.05) is 29.1 Å². The van der Waals surface area contributed by atoms with Gasteiger partial charge in [-0.15, -0.1) is 0 Å². The molecule has 0 unspecified atom stereocenters. The van der Waals surface area contributed by atoms with E-state index in [9.17, 15) is 13.2 Å². The van der Waals surface area contributed by atoms with E-state index in [1.54, 1.807) is 11.9 Å². The second-order valence-corrected chi connectivity index (χ2v) is 5.17. The standard InChI is InChI=1S/C11H12Br2F3N/c1-17(5-4-11(14,15)16)10-6-9(13)3-2-8(10)7-12/h2-3,6H,4-5,7H2,1H3. The van der Waals surface area contributed by atoms with E-state index in [0.717, 1.165) is 15.7 Å². The number of anilines is 1. The molecule has 0 radical (unpaired) electrons. The van der Waals surface area contributed by atoms with Crippen molar-refractivity contribution in [3.63, 3.8) is 0 Å². The molecule has 0 spiro atoms. The molecule has 0 fully saturated rings. The Kier molecular flexibility index (Phi) is 5.31. The van der Waals surface area contributed by atoms with Crippen molar-refractivity contribution < 1.29 is 13.2 Å². The number of benzene rings is 1. The number of hydrogen-bond acceptors (Lipinski definition) is 1. The van der Waals surface area contributed by atoms with Crippen LogP contribution in [-0.2, 0) is 5.33 Å². The predicted molar refractivity (Wildman–Crippen MR) is 70.7 cm³/mol. The average molecular weight is 375 g/mol. The molecule has 0 heterocycles. The van der Waals surface area contributed by atoms with Crippen molar-refractivity contribution in [1.29, 1.82) is 0 Å². The van der Waals surface area contributed by atoms with Gasteiger partial charge in [0.05, 0.1) is 6.42 Å². The van der Waals surface area contributed by atoms with E-state index < -0.39 is 12.6 Å². The third-order valence-electron chi connectivity index (χ3n) is 2.33. The van der Waals surface area contributed by atoms with Crippen molar-refractivity contribution in [2.24, 2.45) is 0 Å². The van der Waals surface area contributed by atoms with Gasteiger partial charge in [0.2, 0.25) is 0 Å². The van der Waals surface area contributed by atoms with Crippen molar-refractivity contribution >= 4 is 37.5 Å². The lowest BCUT2D eigenvalue weighted by molar-refractivity contribution is -0.132. The lowest BCUT2D eigenvalue weighted by atomic mass is 10.2. The van der Waals surface area contributed by atoms with Gasteiger partial charge in [-0.2, -0.15) is 13.2 Å². The van der Waals surface area contributed by atoms with Crippen LogP contribution < -0.4 is 4.90 Å². The first kappa shape index (κ1) is 14.8. The molecular formula is C11H12Br2F3N. The molecule has 0 atom stereocenters. The van der Waals surface area contributed by atoms with Gasteiger partial charge in [-0.05, 0) is 17.7 Å². The van der Waals surface area contributed by atoms with Gasteiger partial charge in [-0.1, -0.05) is 37.9 Å². The molecule has 1 aromatic rings. The maximum atomic E-state index is 12.1. The summed E-state index contributed by atoms with van der Waals surface area (Å²) in [7, 11) is 1.67. The van der Waals surface area contributed by atoms with Gasteiger partial charge in [0.15, 0.2) is 0 Å². The third kappa shape index (κ3) is 4.87. The summed E-state index contributed by atoms with van der Waals surface area (Å²) in [4.78, 5) is 1.62. The van der Waals surface area contributed by atoms with Crippen LogP contribution in [0, 0.1) is 0 Å². The molecule has 0 bridgehead atoms. The zero-order chi connectivity index (χ0) is 13.1. The first-order valence-corrected chi connectivity index (χ1v) is 6.87. The van der Waals surface area contributed by atoms with E-state index in [1.165, 1.54) is 0 Å². The Bertz CT molecular complexity index is 379. The summed E-state index contributed by atoms with van der Waals surface area (Å²) in [5.74, 6) is 0. The van der Waals surface area contributed by atoms with Crippen LogP contribution in [0.5, 0.6) is 0 Å². The van der Waals surface area contributed by atoms with Crippen LogP contribution in [-0.4, -0.2) is 19.8 Å². The summed E-state index contributed by atoms with van der Waals surface area (Å²) in [6, 6.07) is 5.59. The summed E-state index contributed by atoms with van der Waals surface area (Å²) in [5, 5.41) is 0.617. The molecule has 6 heteroatoms. The zero-order valence-electron chi connectivity index (χ0n) is 9.19. The maximum Gasteiger partial charge on any atom is 0.390 e. The topological polar surface area (TPSA) is 3.24 Å². The third-order valence-corrected chi connectivity index (χ3v) is 3.43. The normalized spacial score (nSPS) is 11.6. The second kappa shape index (κ2) is 6.09. The van der Waals surface area contributed by atoms with E-state index >= 15 is 0 Å². The van der Waals surface area contributed by atoms with E-state index in [4.69, 9.17) is 0 Å². The molecular weight excluding hydrogens is 363 g/mol. The lowest BCUT2D eigenvalue weighted by Crippen LogP contribution is -2.24. The molecule has 0 aliphatic carbocycles. The smallest absolute Gasteiger partial charge is 0.374 e. The summed E-state index contributed by atoms with van der Waals surface area (Å²) < 4.78 is 37.3. The van der Waals surface area contributed by atoms with Gasteiger partial charge in [0.25, 0.3) is 0 Å². The quantitative estimate of drug-likeness (QED) is 0.688. The Balaban J connectivity index is 2.80. The fourth-order valence-corrected chi connectivity index (χ4v) is 2.24. The zero-order valence-corrected chi connectivity index (χ0v) is 12.4. The minimum Gasteiger partial charge on any atom is -0.374 e. The molecule has 0 aliphatic heterocycles. The molecule has 0 saturated carbocycles. The minimum atomic E-state index is -4.12. The van der Waals surface area contributed by atoms with Crippen LogP contribution in [0.1, 0.15) is 12.0 Å². The maximum absolute atomic E-state index is 12.1. The van der Waals surface area contributed by atoms with Gasteiger partial charge >= 0.3 is 6.18 Å². The Labute approximate surface area is 115 Å². The number of nitrogens with zero attached hydrogens (tertiary/aromatic N) is 1. The Morgan fingerprint density at radius 2 is 1.94 bits per heavy atom. The summed E-state index contributed by atoms with van der Waals surface area (Å²) in [5.41, 5.74) is 1.78. The summed E-state index contributed by atoms with van der Waals surface area (Å²) in [6.07, 6.45) is -4.92. The number of halogens is 5. The van der Waals surface area contributed by atoms with Gasteiger partial charge < -0.3 is 4.90 Å².